The highest BCUT2D eigenvalue weighted by atomic mass is 19.1. The molecule has 2 N–H and O–H groups in total. The Bertz CT molecular complexity index is 949. The predicted octanol–water partition coefficient (Wildman–Crippen LogP) is 2.90. The van der Waals surface area contributed by atoms with E-state index in [0.717, 1.165) is 12.1 Å². The number of carbonyl (C=O) groups excluding carboxylic acids is 3. The van der Waals surface area contributed by atoms with Crippen LogP contribution in [0.25, 0.3) is 0 Å². The molecular formula is C19H16F3N3O3. The van der Waals surface area contributed by atoms with Crippen molar-refractivity contribution in [2.45, 2.75) is 18.9 Å². The molecule has 0 aliphatic carbocycles. The monoisotopic (exact) mass is 391 g/mol. The molecule has 1 saturated heterocycles. The van der Waals surface area contributed by atoms with Gasteiger partial charge in [0, 0.05) is 6.07 Å². The van der Waals surface area contributed by atoms with Crippen LogP contribution in [0.3, 0.4) is 0 Å². The van der Waals surface area contributed by atoms with Crippen molar-refractivity contribution in [2.24, 2.45) is 0 Å². The van der Waals surface area contributed by atoms with Gasteiger partial charge in [0.15, 0.2) is 0 Å². The molecule has 28 heavy (non-hydrogen) atoms. The lowest BCUT2D eigenvalue weighted by Crippen LogP contribution is -2.44. The normalized spacial score (nSPS) is 18.9. The highest BCUT2D eigenvalue weighted by molar-refractivity contribution is 6.10. The van der Waals surface area contributed by atoms with Crippen molar-refractivity contribution in [2.75, 3.05) is 11.9 Å². The maximum atomic E-state index is 13.7. The molecule has 0 spiro atoms. The Morgan fingerprint density at radius 3 is 2.32 bits per heavy atom. The fourth-order valence-electron chi connectivity index (χ4n) is 3.07. The molecule has 1 aliphatic rings. The van der Waals surface area contributed by atoms with Gasteiger partial charge in [0.1, 0.15) is 29.5 Å². The van der Waals surface area contributed by atoms with Crippen LogP contribution < -0.4 is 10.6 Å². The molecule has 1 aliphatic heterocycles. The van der Waals surface area contributed by atoms with Crippen LogP contribution in [0.15, 0.2) is 42.5 Å². The van der Waals surface area contributed by atoms with E-state index in [-0.39, 0.29) is 12.1 Å². The van der Waals surface area contributed by atoms with Crippen LogP contribution in [0.1, 0.15) is 18.9 Å². The maximum Gasteiger partial charge on any atom is 0.325 e. The number of benzene rings is 2. The van der Waals surface area contributed by atoms with Gasteiger partial charge >= 0.3 is 6.03 Å². The molecule has 146 valence electrons. The van der Waals surface area contributed by atoms with E-state index >= 15 is 0 Å². The second kappa shape index (κ2) is 7.34. The molecule has 0 aromatic heterocycles. The molecular weight excluding hydrogens is 375 g/mol. The number of imide groups is 1. The predicted molar refractivity (Wildman–Crippen MR) is 93.6 cm³/mol. The van der Waals surface area contributed by atoms with Crippen LogP contribution in [-0.4, -0.2) is 29.3 Å². The van der Waals surface area contributed by atoms with Gasteiger partial charge in [-0.1, -0.05) is 19.1 Å². The zero-order valence-corrected chi connectivity index (χ0v) is 14.8. The molecule has 9 heteroatoms. The van der Waals surface area contributed by atoms with E-state index in [4.69, 9.17) is 0 Å². The number of anilines is 1. The third-order valence-corrected chi connectivity index (χ3v) is 4.55. The minimum atomic E-state index is -1.42. The number of nitrogens with one attached hydrogen (secondary N) is 2. The van der Waals surface area contributed by atoms with Crippen molar-refractivity contribution in [3.05, 3.63) is 65.5 Å². The second-order valence-electron chi connectivity index (χ2n) is 6.26. The summed E-state index contributed by atoms with van der Waals surface area (Å²) in [6.45, 7) is 1.00. The molecule has 2 aromatic rings. The number of nitrogens with zero attached hydrogens (tertiary/aromatic N) is 1. The lowest BCUT2D eigenvalue weighted by Gasteiger charge is -2.25. The number of rotatable bonds is 5. The van der Waals surface area contributed by atoms with E-state index in [2.05, 4.69) is 10.6 Å². The summed E-state index contributed by atoms with van der Waals surface area (Å²) in [6, 6.07) is 6.89. The van der Waals surface area contributed by atoms with Crippen LogP contribution in [0.4, 0.5) is 23.7 Å². The lowest BCUT2D eigenvalue weighted by molar-refractivity contribution is -0.134. The molecule has 0 radical (unpaired) electrons. The summed E-state index contributed by atoms with van der Waals surface area (Å²) in [5, 5.41) is 4.75. The Morgan fingerprint density at radius 2 is 1.71 bits per heavy atom. The largest absolute Gasteiger partial charge is 0.325 e. The lowest BCUT2D eigenvalue weighted by atomic mass is 9.87. The number of hydrogen-bond acceptors (Lipinski definition) is 3. The second-order valence-corrected chi connectivity index (χ2v) is 6.26. The Labute approximate surface area is 158 Å². The first kappa shape index (κ1) is 19.4. The van der Waals surface area contributed by atoms with Crippen LogP contribution in [0, 0.1) is 17.5 Å². The fraction of sp³-hybridized carbons (Fsp3) is 0.211. The zero-order valence-electron chi connectivity index (χ0n) is 14.8. The maximum absolute atomic E-state index is 13.7. The SMILES string of the molecule is CC[C@]1(c2ccc(F)cc2)NC(=O)N(CC(=O)Nc2ccc(F)cc2F)C1=O. The standard InChI is InChI=1S/C19H16F3N3O3/c1-2-19(11-3-5-12(20)6-4-11)17(27)25(18(28)24-19)10-16(26)23-15-8-7-13(21)9-14(15)22/h3-9H,2,10H2,1H3,(H,23,26)(H,24,28)/t19-/m1/s1. The van der Waals surface area contributed by atoms with E-state index < -0.39 is 47.4 Å². The quantitative estimate of drug-likeness (QED) is 0.770. The van der Waals surface area contributed by atoms with Gasteiger partial charge in [-0.25, -0.2) is 18.0 Å². The minimum absolute atomic E-state index is 0.175. The van der Waals surface area contributed by atoms with Gasteiger partial charge in [-0.15, -0.1) is 0 Å². The number of hydrogen-bond donors (Lipinski definition) is 2. The summed E-state index contributed by atoms with van der Waals surface area (Å²) in [7, 11) is 0. The molecule has 1 atom stereocenters. The average Bonchev–Trinajstić information content (AvgIpc) is 2.90. The third-order valence-electron chi connectivity index (χ3n) is 4.55. The smallest absolute Gasteiger partial charge is 0.322 e. The van der Waals surface area contributed by atoms with Gasteiger partial charge in [-0.2, -0.15) is 0 Å². The number of halogens is 3. The third kappa shape index (κ3) is 3.42. The topological polar surface area (TPSA) is 78.5 Å². The molecule has 0 unspecified atom stereocenters. The Kier molecular flexibility index (Phi) is 5.08. The minimum Gasteiger partial charge on any atom is -0.322 e. The Morgan fingerprint density at radius 1 is 1.07 bits per heavy atom. The summed E-state index contributed by atoms with van der Waals surface area (Å²) < 4.78 is 39.8. The molecule has 1 heterocycles. The summed E-state index contributed by atoms with van der Waals surface area (Å²) in [5.74, 6) is -3.80. The average molecular weight is 391 g/mol. The number of amides is 4. The number of carbonyl (C=O) groups is 3. The van der Waals surface area contributed by atoms with Crippen molar-refractivity contribution in [1.29, 1.82) is 0 Å². The van der Waals surface area contributed by atoms with Gasteiger partial charge < -0.3 is 10.6 Å². The summed E-state index contributed by atoms with van der Waals surface area (Å²) in [4.78, 5) is 38.1. The Hall–Kier alpha value is -3.36. The summed E-state index contributed by atoms with van der Waals surface area (Å²) >= 11 is 0. The van der Waals surface area contributed by atoms with E-state index in [9.17, 15) is 27.6 Å². The van der Waals surface area contributed by atoms with E-state index in [1.54, 1.807) is 6.92 Å². The highest BCUT2D eigenvalue weighted by Crippen LogP contribution is 2.32. The van der Waals surface area contributed by atoms with E-state index in [0.29, 0.717) is 16.5 Å². The van der Waals surface area contributed by atoms with Crippen molar-refractivity contribution >= 4 is 23.5 Å². The van der Waals surface area contributed by atoms with Gasteiger partial charge in [-0.3, -0.25) is 14.5 Å². The molecule has 1 fully saturated rings. The molecule has 6 nitrogen and oxygen atoms in total. The highest BCUT2D eigenvalue weighted by Gasteiger charge is 2.51. The first-order chi connectivity index (χ1) is 13.3. The van der Waals surface area contributed by atoms with Gasteiger partial charge in [0.25, 0.3) is 5.91 Å². The zero-order chi connectivity index (χ0) is 20.5. The van der Waals surface area contributed by atoms with Crippen molar-refractivity contribution in [3.63, 3.8) is 0 Å². The summed E-state index contributed by atoms with van der Waals surface area (Å²) in [6.07, 6.45) is 0.175. The first-order valence-electron chi connectivity index (χ1n) is 8.42. The van der Waals surface area contributed by atoms with E-state index in [1.165, 1.54) is 24.3 Å². The first-order valence-corrected chi connectivity index (χ1v) is 8.42. The molecule has 3 rings (SSSR count). The van der Waals surface area contributed by atoms with Crippen molar-refractivity contribution in [1.82, 2.24) is 10.2 Å². The van der Waals surface area contributed by atoms with Crippen LogP contribution in [-0.2, 0) is 15.1 Å². The van der Waals surface area contributed by atoms with Gasteiger partial charge in [-0.05, 0) is 36.2 Å². The van der Waals surface area contributed by atoms with Crippen molar-refractivity contribution < 1.29 is 27.6 Å². The molecule has 0 bridgehead atoms. The fourth-order valence-corrected chi connectivity index (χ4v) is 3.07. The van der Waals surface area contributed by atoms with Gasteiger partial charge in [0.05, 0.1) is 5.69 Å². The van der Waals surface area contributed by atoms with Gasteiger partial charge in [0.2, 0.25) is 5.91 Å². The van der Waals surface area contributed by atoms with Crippen LogP contribution >= 0.6 is 0 Å². The summed E-state index contributed by atoms with van der Waals surface area (Å²) in [5.41, 5.74) is -1.33. The number of urea groups is 1. The van der Waals surface area contributed by atoms with Crippen LogP contribution in [0.2, 0.25) is 0 Å². The molecule has 0 saturated carbocycles. The van der Waals surface area contributed by atoms with E-state index in [1.807, 2.05) is 0 Å². The Balaban J connectivity index is 1.79. The van der Waals surface area contributed by atoms with Crippen molar-refractivity contribution in [3.8, 4) is 0 Å². The van der Waals surface area contributed by atoms with Crippen LogP contribution in [0.5, 0.6) is 0 Å². The molecule has 4 amide bonds. The molecule has 2 aromatic carbocycles.